The van der Waals surface area contributed by atoms with Crippen LogP contribution >= 0.6 is 0 Å². The van der Waals surface area contributed by atoms with Crippen LogP contribution in [-0.4, -0.2) is 18.2 Å². The monoisotopic (exact) mass is 278 g/mol. The number of carbonyl (C=O) groups excluding carboxylic acids is 1. The molecule has 1 aromatic rings. The van der Waals surface area contributed by atoms with Crippen LogP contribution in [0.5, 0.6) is 11.5 Å². The number of carbonyl (C=O) groups is 1. The highest BCUT2D eigenvalue weighted by molar-refractivity contribution is 5.83. The van der Waals surface area contributed by atoms with Gasteiger partial charge in [0.2, 0.25) is 12.7 Å². The second-order valence-corrected chi connectivity index (χ2v) is 6.18. The first-order chi connectivity index (χ1) is 9.23. The van der Waals surface area contributed by atoms with Crippen LogP contribution in [0.1, 0.15) is 33.3 Å². The Morgan fingerprint density at radius 1 is 1.30 bits per heavy atom. The second-order valence-electron chi connectivity index (χ2n) is 6.18. The Labute approximate surface area is 119 Å². The smallest absolute Gasteiger partial charge is 0.231 e. The number of para-hydroxylation sites is 1. The van der Waals surface area contributed by atoms with Crippen molar-refractivity contribution < 1.29 is 14.3 Å². The third-order valence-electron chi connectivity index (χ3n) is 4.10. The Hall–Kier alpha value is -1.75. The van der Waals surface area contributed by atoms with Crippen molar-refractivity contribution in [3.63, 3.8) is 0 Å². The fourth-order valence-electron chi connectivity index (χ4n) is 1.82. The normalized spacial score (nSPS) is 14.2. The third-order valence-corrected chi connectivity index (χ3v) is 4.10. The summed E-state index contributed by atoms with van der Waals surface area (Å²) < 4.78 is 10.7. The molecule has 0 aromatic heterocycles. The molecule has 0 saturated carbocycles. The van der Waals surface area contributed by atoms with Crippen LogP contribution in [0.3, 0.4) is 0 Å². The second kappa shape index (κ2) is 4.98. The number of hydrogen-bond acceptors (Lipinski definition) is 4. The molecule has 1 amide bonds. The maximum atomic E-state index is 12.3. The number of benzene rings is 1. The molecular weight excluding hydrogens is 256 g/mol. The van der Waals surface area contributed by atoms with Crippen molar-refractivity contribution in [1.29, 1.82) is 0 Å². The van der Waals surface area contributed by atoms with E-state index in [1.165, 1.54) is 0 Å². The highest BCUT2D eigenvalue weighted by Gasteiger charge is 2.40. The van der Waals surface area contributed by atoms with E-state index in [0.717, 1.165) is 11.3 Å². The first-order valence-electron chi connectivity index (χ1n) is 6.68. The lowest BCUT2D eigenvalue weighted by molar-refractivity contribution is -0.132. The van der Waals surface area contributed by atoms with Crippen molar-refractivity contribution in [3.05, 3.63) is 23.8 Å². The molecule has 0 radical (unpaired) electrons. The summed E-state index contributed by atoms with van der Waals surface area (Å²) in [6.45, 7) is 8.01. The number of rotatable bonds is 4. The van der Waals surface area contributed by atoms with Crippen molar-refractivity contribution in [2.24, 2.45) is 11.1 Å². The molecule has 5 nitrogen and oxygen atoms in total. The van der Waals surface area contributed by atoms with Gasteiger partial charge in [0.1, 0.15) is 0 Å². The molecule has 5 heteroatoms. The molecule has 0 unspecified atom stereocenters. The summed E-state index contributed by atoms with van der Waals surface area (Å²) in [6.07, 6.45) is 0. The van der Waals surface area contributed by atoms with E-state index in [2.05, 4.69) is 5.32 Å². The van der Waals surface area contributed by atoms with E-state index in [-0.39, 0.29) is 12.7 Å². The fourth-order valence-corrected chi connectivity index (χ4v) is 1.82. The van der Waals surface area contributed by atoms with Crippen LogP contribution in [0.2, 0.25) is 0 Å². The first kappa shape index (κ1) is 14.7. The van der Waals surface area contributed by atoms with Gasteiger partial charge < -0.3 is 20.5 Å². The van der Waals surface area contributed by atoms with Gasteiger partial charge in [0, 0.05) is 17.6 Å². The fraction of sp³-hybridized carbons (Fsp3) is 0.533. The lowest BCUT2D eigenvalue weighted by Gasteiger charge is -2.36. The minimum absolute atomic E-state index is 0.0819. The summed E-state index contributed by atoms with van der Waals surface area (Å²) in [5.74, 6) is 1.34. The quantitative estimate of drug-likeness (QED) is 0.880. The zero-order chi connectivity index (χ0) is 15.0. The minimum Gasteiger partial charge on any atom is -0.454 e. The number of hydrogen-bond donors (Lipinski definition) is 2. The van der Waals surface area contributed by atoms with Gasteiger partial charge in [-0.25, -0.2) is 0 Å². The zero-order valence-electron chi connectivity index (χ0n) is 12.4. The van der Waals surface area contributed by atoms with E-state index < -0.39 is 11.0 Å². The van der Waals surface area contributed by atoms with E-state index in [0.29, 0.717) is 12.3 Å². The predicted octanol–water partition coefficient (Wildman–Crippen LogP) is 1.79. The number of ether oxygens (including phenoxy) is 2. The Balaban J connectivity index is 2.07. The maximum absolute atomic E-state index is 12.3. The summed E-state index contributed by atoms with van der Waals surface area (Å²) in [7, 11) is 0. The average molecular weight is 278 g/mol. The van der Waals surface area contributed by atoms with Crippen LogP contribution < -0.4 is 20.5 Å². The molecule has 0 saturated heterocycles. The van der Waals surface area contributed by atoms with Crippen molar-refractivity contribution >= 4 is 5.91 Å². The minimum atomic E-state index is -0.664. The number of amides is 1. The van der Waals surface area contributed by atoms with Crippen LogP contribution in [0.15, 0.2) is 18.2 Å². The van der Waals surface area contributed by atoms with Gasteiger partial charge in [-0.2, -0.15) is 0 Å². The van der Waals surface area contributed by atoms with Gasteiger partial charge in [-0.3, -0.25) is 4.79 Å². The van der Waals surface area contributed by atoms with Gasteiger partial charge >= 0.3 is 0 Å². The molecule has 110 valence electrons. The highest BCUT2D eigenvalue weighted by Crippen LogP contribution is 2.35. The van der Waals surface area contributed by atoms with Crippen molar-refractivity contribution in [2.75, 3.05) is 6.79 Å². The molecule has 0 fully saturated rings. The Morgan fingerprint density at radius 2 is 2.00 bits per heavy atom. The molecule has 0 spiro atoms. The molecule has 1 aliphatic rings. The van der Waals surface area contributed by atoms with Crippen LogP contribution in [-0.2, 0) is 11.3 Å². The Kier molecular flexibility index (Phi) is 3.65. The molecule has 0 bridgehead atoms. The van der Waals surface area contributed by atoms with Gasteiger partial charge in [-0.15, -0.1) is 0 Å². The molecule has 2 rings (SSSR count). The summed E-state index contributed by atoms with van der Waals surface area (Å²) in [5, 5.41) is 2.92. The van der Waals surface area contributed by atoms with Gasteiger partial charge in [0.05, 0.1) is 5.41 Å². The third kappa shape index (κ3) is 2.58. The number of fused-ring (bicyclic) bond motifs is 1. The topological polar surface area (TPSA) is 73.6 Å². The molecular formula is C15H22N2O3. The highest BCUT2D eigenvalue weighted by atomic mass is 16.7. The van der Waals surface area contributed by atoms with Crippen molar-refractivity contribution in [2.45, 2.75) is 39.8 Å². The summed E-state index contributed by atoms with van der Waals surface area (Å²) in [5.41, 5.74) is 5.70. The van der Waals surface area contributed by atoms with Crippen molar-refractivity contribution in [3.8, 4) is 11.5 Å². The lowest BCUT2D eigenvalue weighted by atomic mass is 9.74. The molecule has 1 aliphatic heterocycles. The standard InChI is InChI=1S/C15H22N2O3/c1-14(2,15(3,4)16)13(18)17-8-10-6-5-7-11-12(10)20-9-19-11/h5-7H,8-9,16H2,1-4H3,(H,17,18). The van der Waals surface area contributed by atoms with Gasteiger partial charge in [-0.1, -0.05) is 12.1 Å². The first-order valence-corrected chi connectivity index (χ1v) is 6.68. The number of nitrogens with two attached hydrogens (primary N) is 1. The van der Waals surface area contributed by atoms with E-state index in [4.69, 9.17) is 15.2 Å². The van der Waals surface area contributed by atoms with Crippen LogP contribution in [0, 0.1) is 5.41 Å². The Bertz CT molecular complexity index is 518. The molecule has 3 N–H and O–H groups in total. The SMILES string of the molecule is CC(C)(N)C(C)(C)C(=O)NCc1cccc2c1OCO2. The van der Waals surface area contributed by atoms with E-state index in [1.54, 1.807) is 0 Å². The summed E-state index contributed by atoms with van der Waals surface area (Å²) in [6, 6.07) is 5.64. The predicted molar refractivity (Wildman–Crippen MR) is 76.5 cm³/mol. The molecule has 1 heterocycles. The van der Waals surface area contributed by atoms with E-state index >= 15 is 0 Å². The number of nitrogens with one attached hydrogen (secondary N) is 1. The molecule has 1 aromatic carbocycles. The largest absolute Gasteiger partial charge is 0.454 e. The van der Waals surface area contributed by atoms with Crippen LogP contribution in [0.4, 0.5) is 0 Å². The summed E-state index contributed by atoms with van der Waals surface area (Å²) in [4.78, 5) is 12.3. The van der Waals surface area contributed by atoms with Crippen LogP contribution in [0.25, 0.3) is 0 Å². The van der Waals surface area contributed by atoms with E-state index in [1.807, 2.05) is 45.9 Å². The maximum Gasteiger partial charge on any atom is 0.231 e. The zero-order valence-corrected chi connectivity index (χ0v) is 12.4. The Morgan fingerprint density at radius 3 is 2.65 bits per heavy atom. The molecule has 0 atom stereocenters. The van der Waals surface area contributed by atoms with E-state index in [9.17, 15) is 4.79 Å². The summed E-state index contributed by atoms with van der Waals surface area (Å²) >= 11 is 0. The molecule has 20 heavy (non-hydrogen) atoms. The average Bonchev–Trinajstić information content (AvgIpc) is 2.83. The van der Waals surface area contributed by atoms with Gasteiger partial charge in [0.25, 0.3) is 0 Å². The van der Waals surface area contributed by atoms with Gasteiger partial charge in [0.15, 0.2) is 11.5 Å². The van der Waals surface area contributed by atoms with Crippen molar-refractivity contribution in [1.82, 2.24) is 5.32 Å². The molecule has 0 aliphatic carbocycles. The van der Waals surface area contributed by atoms with Gasteiger partial charge in [-0.05, 0) is 33.8 Å². The lowest BCUT2D eigenvalue weighted by Crippen LogP contribution is -2.55.